The van der Waals surface area contributed by atoms with E-state index in [1.54, 1.807) is 24.3 Å². The van der Waals surface area contributed by atoms with Crippen molar-refractivity contribution in [2.75, 3.05) is 12.4 Å². The summed E-state index contributed by atoms with van der Waals surface area (Å²) < 4.78 is 4.70. The van der Waals surface area contributed by atoms with Crippen LogP contribution in [0.15, 0.2) is 36.7 Å². The number of rotatable bonds is 5. The number of methoxy groups -OCH3 is 1. The quantitative estimate of drug-likeness (QED) is 0.813. The van der Waals surface area contributed by atoms with Crippen LogP contribution in [0, 0.1) is 0 Å². The first-order valence-electron chi connectivity index (χ1n) is 8.24. The smallest absolute Gasteiger partial charge is 0.337 e. The van der Waals surface area contributed by atoms with Crippen LogP contribution in [-0.4, -0.2) is 35.0 Å². The van der Waals surface area contributed by atoms with Crippen molar-refractivity contribution >= 4 is 23.4 Å². The second kappa shape index (κ2) is 7.74. The number of benzene rings is 1. The zero-order valence-electron chi connectivity index (χ0n) is 14.0. The van der Waals surface area contributed by atoms with Gasteiger partial charge in [0.2, 0.25) is 0 Å². The van der Waals surface area contributed by atoms with Crippen molar-refractivity contribution in [1.29, 1.82) is 0 Å². The Hall–Kier alpha value is -2.96. The molecule has 0 saturated heterocycles. The molecule has 1 aromatic heterocycles. The van der Waals surface area contributed by atoms with Crippen LogP contribution in [0.3, 0.4) is 0 Å². The van der Waals surface area contributed by atoms with E-state index in [1.807, 2.05) is 0 Å². The van der Waals surface area contributed by atoms with E-state index in [4.69, 9.17) is 4.74 Å². The van der Waals surface area contributed by atoms with Gasteiger partial charge in [0.15, 0.2) is 0 Å². The number of aromatic nitrogens is 2. The van der Waals surface area contributed by atoms with Gasteiger partial charge in [-0.15, -0.1) is 0 Å². The Bertz CT molecular complexity index is 755. The molecule has 1 aliphatic rings. The summed E-state index contributed by atoms with van der Waals surface area (Å²) in [6, 6.07) is 7.11. The lowest BCUT2D eigenvalue weighted by molar-refractivity contribution is 0.0600. The van der Waals surface area contributed by atoms with Gasteiger partial charge in [-0.3, -0.25) is 4.79 Å². The van der Waals surface area contributed by atoms with E-state index in [9.17, 15) is 9.59 Å². The molecule has 0 atom stereocenters. The summed E-state index contributed by atoms with van der Waals surface area (Å²) in [7, 11) is 1.34. The number of ether oxygens (including phenoxy) is 1. The van der Waals surface area contributed by atoms with Gasteiger partial charge < -0.3 is 15.4 Å². The summed E-state index contributed by atoms with van der Waals surface area (Å²) >= 11 is 0. The highest BCUT2D eigenvalue weighted by atomic mass is 16.5. The number of anilines is 2. The van der Waals surface area contributed by atoms with Crippen LogP contribution < -0.4 is 10.6 Å². The van der Waals surface area contributed by atoms with Crippen molar-refractivity contribution in [2.45, 2.75) is 31.7 Å². The fourth-order valence-electron chi connectivity index (χ4n) is 2.83. The molecular formula is C18H20N4O3. The Morgan fingerprint density at radius 2 is 1.96 bits per heavy atom. The summed E-state index contributed by atoms with van der Waals surface area (Å²) in [6.45, 7) is 0. The number of hydrogen-bond acceptors (Lipinski definition) is 6. The maximum atomic E-state index is 12.1. The van der Waals surface area contributed by atoms with Crippen LogP contribution in [0.5, 0.6) is 0 Å². The van der Waals surface area contributed by atoms with Gasteiger partial charge in [0.25, 0.3) is 5.91 Å². The molecule has 0 aliphatic heterocycles. The lowest BCUT2D eigenvalue weighted by atomic mass is 10.2. The summed E-state index contributed by atoms with van der Waals surface area (Å²) in [5, 5.41) is 6.03. The maximum Gasteiger partial charge on any atom is 0.337 e. The van der Waals surface area contributed by atoms with Crippen LogP contribution in [0.2, 0.25) is 0 Å². The van der Waals surface area contributed by atoms with E-state index in [1.165, 1.54) is 19.5 Å². The molecule has 1 amide bonds. The van der Waals surface area contributed by atoms with Gasteiger partial charge >= 0.3 is 5.97 Å². The molecule has 1 aromatic carbocycles. The average molecular weight is 340 g/mol. The highest BCUT2D eigenvalue weighted by molar-refractivity contribution is 5.92. The van der Waals surface area contributed by atoms with Crippen LogP contribution >= 0.6 is 0 Å². The highest BCUT2D eigenvalue weighted by Gasteiger charge is 2.18. The summed E-state index contributed by atoms with van der Waals surface area (Å²) in [5.74, 6) is -0.119. The van der Waals surface area contributed by atoms with E-state index in [0.717, 1.165) is 25.7 Å². The van der Waals surface area contributed by atoms with Gasteiger partial charge in [0.05, 0.1) is 25.1 Å². The number of nitrogens with zero attached hydrogens (tertiary/aromatic N) is 2. The molecule has 1 aliphatic carbocycles. The van der Waals surface area contributed by atoms with Gasteiger partial charge in [0.1, 0.15) is 11.5 Å². The van der Waals surface area contributed by atoms with Crippen LogP contribution in [0.4, 0.5) is 11.5 Å². The number of esters is 1. The van der Waals surface area contributed by atoms with Gasteiger partial charge in [-0.25, -0.2) is 14.8 Å². The average Bonchev–Trinajstić information content (AvgIpc) is 3.15. The number of nitrogens with one attached hydrogen (secondary N) is 2. The number of hydrogen-bond donors (Lipinski definition) is 2. The molecular weight excluding hydrogens is 320 g/mol. The number of carbonyl (C=O) groups excluding carboxylic acids is 2. The van der Waals surface area contributed by atoms with Crippen molar-refractivity contribution in [3.05, 3.63) is 47.9 Å². The zero-order valence-corrected chi connectivity index (χ0v) is 14.0. The molecule has 0 spiro atoms. The monoisotopic (exact) mass is 340 g/mol. The molecule has 1 fully saturated rings. The van der Waals surface area contributed by atoms with Gasteiger partial charge in [-0.1, -0.05) is 18.9 Å². The predicted octanol–water partition coefficient (Wildman–Crippen LogP) is 2.68. The van der Waals surface area contributed by atoms with E-state index >= 15 is 0 Å². The van der Waals surface area contributed by atoms with Crippen LogP contribution in [0.25, 0.3) is 0 Å². The Morgan fingerprint density at radius 1 is 1.16 bits per heavy atom. The fourth-order valence-corrected chi connectivity index (χ4v) is 2.83. The second-order valence-electron chi connectivity index (χ2n) is 5.94. The minimum atomic E-state index is -0.409. The standard InChI is InChI=1S/C18H20N4O3/c1-25-18(24)12-5-4-8-14(9-12)21-16-11-19-15(10-20-16)17(23)22-13-6-2-3-7-13/h4-5,8-11,13H,2-3,6-7H2,1H3,(H,20,21)(H,22,23). The van der Waals surface area contributed by atoms with Crippen molar-refractivity contribution in [3.63, 3.8) is 0 Å². The highest BCUT2D eigenvalue weighted by Crippen LogP contribution is 2.18. The Kier molecular flexibility index (Phi) is 5.23. The second-order valence-corrected chi connectivity index (χ2v) is 5.94. The lowest BCUT2D eigenvalue weighted by Gasteiger charge is -2.11. The van der Waals surface area contributed by atoms with Crippen LogP contribution in [0.1, 0.15) is 46.5 Å². The molecule has 1 heterocycles. The van der Waals surface area contributed by atoms with Crippen molar-refractivity contribution in [1.82, 2.24) is 15.3 Å². The fraction of sp³-hybridized carbons (Fsp3) is 0.333. The van der Waals surface area contributed by atoms with Gasteiger partial charge in [-0.2, -0.15) is 0 Å². The normalized spacial score (nSPS) is 14.1. The molecule has 2 N–H and O–H groups in total. The van der Waals surface area contributed by atoms with Gasteiger partial charge in [0, 0.05) is 11.7 Å². The SMILES string of the molecule is COC(=O)c1cccc(Nc2cnc(C(=O)NC3CCCC3)cn2)c1. The Balaban J connectivity index is 1.64. The molecule has 25 heavy (non-hydrogen) atoms. The summed E-state index contributed by atoms with van der Waals surface area (Å²) in [6.07, 6.45) is 7.30. The van der Waals surface area contributed by atoms with Crippen molar-refractivity contribution < 1.29 is 14.3 Å². The molecule has 0 bridgehead atoms. The molecule has 0 unspecified atom stereocenters. The Morgan fingerprint density at radius 3 is 2.64 bits per heavy atom. The zero-order chi connectivity index (χ0) is 17.6. The molecule has 1 saturated carbocycles. The first-order chi connectivity index (χ1) is 12.2. The third-order valence-corrected chi connectivity index (χ3v) is 4.13. The predicted molar refractivity (Wildman–Crippen MR) is 92.8 cm³/mol. The molecule has 3 rings (SSSR count). The minimum Gasteiger partial charge on any atom is -0.465 e. The summed E-state index contributed by atoms with van der Waals surface area (Å²) in [5.41, 5.74) is 1.41. The first kappa shape index (κ1) is 16.9. The lowest BCUT2D eigenvalue weighted by Crippen LogP contribution is -2.33. The minimum absolute atomic E-state index is 0.196. The van der Waals surface area contributed by atoms with E-state index in [0.29, 0.717) is 22.8 Å². The summed E-state index contributed by atoms with van der Waals surface area (Å²) in [4.78, 5) is 32.1. The number of carbonyl (C=O) groups is 2. The van der Waals surface area contributed by atoms with E-state index in [2.05, 4.69) is 20.6 Å². The molecule has 7 nitrogen and oxygen atoms in total. The largest absolute Gasteiger partial charge is 0.465 e. The Labute approximate surface area is 145 Å². The molecule has 0 radical (unpaired) electrons. The molecule has 2 aromatic rings. The maximum absolute atomic E-state index is 12.1. The van der Waals surface area contributed by atoms with E-state index in [-0.39, 0.29) is 11.9 Å². The van der Waals surface area contributed by atoms with Crippen molar-refractivity contribution in [3.8, 4) is 0 Å². The van der Waals surface area contributed by atoms with Gasteiger partial charge in [-0.05, 0) is 31.0 Å². The third kappa shape index (κ3) is 4.32. The number of amides is 1. The van der Waals surface area contributed by atoms with Crippen molar-refractivity contribution in [2.24, 2.45) is 0 Å². The van der Waals surface area contributed by atoms with Crippen LogP contribution in [-0.2, 0) is 4.74 Å². The first-order valence-corrected chi connectivity index (χ1v) is 8.24. The molecule has 130 valence electrons. The molecule has 7 heteroatoms. The topological polar surface area (TPSA) is 93.2 Å². The third-order valence-electron chi connectivity index (χ3n) is 4.13. The van der Waals surface area contributed by atoms with E-state index < -0.39 is 5.97 Å².